The molecule has 2 rings (SSSR count). The number of sulfonamides is 1. The van der Waals surface area contributed by atoms with Crippen LogP contribution in [0.25, 0.3) is 0 Å². The number of nitrogens with two attached hydrogens (primary N) is 1. The van der Waals surface area contributed by atoms with Crippen molar-refractivity contribution in [1.29, 1.82) is 0 Å². The summed E-state index contributed by atoms with van der Waals surface area (Å²) in [6.45, 7) is 4.05. The van der Waals surface area contributed by atoms with Gasteiger partial charge in [0.15, 0.2) is 0 Å². The van der Waals surface area contributed by atoms with Gasteiger partial charge in [0.2, 0.25) is 10.0 Å². The summed E-state index contributed by atoms with van der Waals surface area (Å²) in [4.78, 5) is 0.255. The zero-order valence-corrected chi connectivity index (χ0v) is 13.9. The van der Waals surface area contributed by atoms with E-state index in [4.69, 9.17) is 5.73 Å². The first-order valence-electron chi connectivity index (χ1n) is 7.63. The summed E-state index contributed by atoms with van der Waals surface area (Å²) >= 11 is 0. The molecule has 21 heavy (non-hydrogen) atoms. The minimum atomic E-state index is -3.53. The van der Waals surface area contributed by atoms with Gasteiger partial charge in [-0.25, -0.2) is 8.42 Å². The molecule has 1 aromatic heterocycles. The number of hydrogen-bond donors (Lipinski definition) is 2. The highest BCUT2D eigenvalue weighted by molar-refractivity contribution is 7.89. The Kier molecular flexibility index (Phi) is 5.06. The predicted molar refractivity (Wildman–Crippen MR) is 82.2 cm³/mol. The lowest BCUT2D eigenvalue weighted by Gasteiger charge is -2.33. The molecule has 0 amide bonds. The molecule has 1 fully saturated rings. The molecule has 1 saturated carbocycles. The molecule has 1 heterocycles. The van der Waals surface area contributed by atoms with Crippen molar-refractivity contribution in [1.82, 2.24) is 14.5 Å². The molecule has 0 aliphatic heterocycles. The summed E-state index contributed by atoms with van der Waals surface area (Å²) in [5.74, 6) is 0.743. The molecule has 1 aliphatic carbocycles. The lowest BCUT2D eigenvalue weighted by molar-refractivity contribution is 0.233. The van der Waals surface area contributed by atoms with E-state index in [1.807, 2.05) is 0 Å². The summed E-state index contributed by atoms with van der Waals surface area (Å²) in [6, 6.07) is 0.0812. The van der Waals surface area contributed by atoms with Gasteiger partial charge in [0.05, 0.1) is 11.4 Å². The topological polar surface area (TPSA) is 92.1 Å². The molecule has 0 unspecified atom stereocenters. The van der Waals surface area contributed by atoms with Crippen LogP contribution < -0.4 is 5.73 Å². The molecule has 0 bridgehead atoms. The molecule has 0 aromatic carbocycles. The summed E-state index contributed by atoms with van der Waals surface area (Å²) in [5.41, 5.74) is 6.59. The first-order chi connectivity index (χ1) is 9.91. The van der Waals surface area contributed by atoms with E-state index < -0.39 is 10.0 Å². The Morgan fingerprint density at radius 2 is 1.95 bits per heavy atom. The first kappa shape index (κ1) is 16.5. The number of aryl methyl sites for hydroxylation is 1. The third-order valence-corrected chi connectivity index (χ3v) is 6.81. The highest BCUT2D eigenvalue weighted by Gasteiger charge is 2.34. The lowest BCUT2D eigenvalue weighted by atomic mass is 9.85. The summed E-state index contributed by atoms with van der Waals surface area (Å²) < 4.78 is 27.2. The molecule has 6 nitrogen and oxygen atoms in total. The van der Waals surface area contributed by atoms with E-state index in [1.54, 1.807) is 14.0 Å². The molecule has 3 N–H and O–H groups in total. The number of aromatic nitrogens is 2. The number of rotatable bonds is 5. The number of nitrogens with one attached hydrogen (secondary N) is 1. The Morgan fingerprint density at radius 3 is 2.48 bits per heavy atom. The molecule has 0 radical (unpaired) electrons. The average Bonchev–Trinajstić information content (AvgIpc) is 2.88. The van der Waals surface area contributed by atoms with E-state index in [-0.39, 0.29) is 17.5 Å². The van der Waals surface area contributed by atoms with Gasteiger partial charge in [-0.05, 0) is 38.5 Å². The van der Waals surface area contributed by atoms with Crippen LogP contribution in [-0.2, 0) is 16.6 Å². The SMILES string of the molecule is CCC1CCC(N(C)S(=O)(=O)c2c(CN)n[nH]c2C)CC1. The molecular weight excluding hydrogens is 288 g/mol. The van der Waals surface area contributed by atoms with Crippen LogP contribution in [0.4, 0.5) is 0 Å². The quantitative estimate of drug-likeness (QED) is 0.866. The normalized spacial score (nSPS) is 23.7. The van der Waals surface area contributed by atoms with Crippen LogP contribution in [-0.4, -0.2) is 36.0 Å². The van der Waals surface area contributed by atoms with Crippen molar-refractivity contribution in [3.63, 3.8) is 0 Å². The van der Waals surface area contributed by atoms with Gasteiger partial charge >= 0.3 is 0 Å². The molecule has 0 atom stereocenters. The number of aromatic amines is 1. The Hall–Kier alpha value is -0.920. The number of nitrogens with zero attached hydrogens (tertiary/aromatic N) is 2. The van der Waals surface area contributed by atoms with Crippen molar-refractivity contribution in [2.75, 3.05) is 7.05 Å². The smallest absolute Gasteiger partial charge is 0.246 e. The van der Waals surface area contributed by atoms with Gasteiger partial charge in [0.1, 0.15) is 4.90 Å². The fourth-order valence-electron chi connectivity index (χ4n) is 3.21. The first-order valence-corrected chi connectivity index (χ1v) is 9.07. The zero-order valence-electron chi connectivity index (χ0n) is 13.1. The second-order valence-corrected chi connectivity index (χ2v) is 7.87. The summed E-state index contributed by atoms with van der Waals surface area (Å²) in [5, 5.41) is 6.73. The van der Waals surface area contributed by atoms with Crippen molar-refractivity contribution >= 4 is 10.0 Å². The third-order valence-electron chi connectivity index (χ3n) is 4.70. The van der Waals surface area contributed by atoms with Crippen molar-refractivity contribution in [2.45, 2.75) is 63.4 Å². The van der Waals surface area contributed by atoms with Crippen molar-refractivity contribution in [2.24, 2.45) is 11.7 Å². The minimum Gasteiger partial charge on any atom is -0.325 e. The standard InChI is InChI=1S/C14H26N4O2S/c1-4-11-5-7-12(8-6-11)18(3)21(19,20)14-10(2)16-17-13(14)9-15/h11-12H,4-9,15H2,1-3H3,(H,16,17). The van der Waals surface area contributed by atoms with Gasteiger partial charge in [0, 0.05) is 19.6 Å². The van der Waals surface area contributed by atoms with Crippen LogP contribution in [0.15, 0.2) is 4.90 Å². The van der Waals surface area contributed by atoms with Gasteiger partial charge in [-0.15, -0.1) is 0 Å². The molecule has 1 aromatic rings. The van der Waals surface area contributed by atoms with Gasteiger partial charge < -0.3 is 5.73 Å². The van der Waals surface area contributed by atoms with Crippen molar-refractivity contribution in [3.8, 4) is 0 Å². The van der Waals surface area contributed by atoms with E-state index in [9.17, 15) is 8.42 Å². The number of H-pyrrole nitrogens is 1. The molecule has 0 saturated heterocycles. The zero-order chi connectivity index (χ0) is 15.6. The predicted octanol–water partition coefficient (Wildman–Crippen LogP) is 1.77. The monoisotopic (exact) mass is 314 g/mol. The fraction of sp³-hybridized carbons (Fsp3) is 0.786. The van der Waals surface area contributed by atoms with Crippen LogP contribution >= 0.6 is 0 Å². The van der Waals surface area contributed by atoms with Crippen LogP contribution in [0.2, 0.25) is 0 Å². The maximum atomic E-state index is 12.9. The molecule has 7 heteroatoms. The average molecular weight is 314 g/mol. The Bertz CT molecular complexity index is 574. The molecule has 0 spiro atoms. The van der Waals surface area contributed by atoms with Crippen LogP contribution in [0.3, 0.4) is 0 Å². The fourth-order valence-corrected chi connectivity index (χ4v) is 4.96. The van der Waals surface area contributed by atoms with E-state index in [2.05, 4.69) is 17.1 Å². The van der Waals surface area contributed by atoms with E-state index >= 15 is 0 Å². The second kappa shape index (κ2) is 6.46. The minimum absolute atomic E-state index is 0.0812. The highest BCUT2D eigenvalue weighted by Crippen LogP contribution is 2.32. The highest BCUT2D eigenvalue weighted by atomic mass is 32.2. The van der Waals surface area contributed by atoms with Gasteiger partial charge in [-0.3, -0.25) is 5.10 Å². The summed E-state index contributed by atoms with van der Waals surface area (Å²) in [6.07, 6.45) is 5.26. The largest absolute Gasteiger partial charge is 0.325 e. The van der Waals surface area contributed by atoms with E-state index in [1.165, 1.54) is 10.7 Å². The molecule has 120 valence electrons. The Balaban J connectivity index is 2.21. The number of hydrogen-bond acceptors (Lipinski definition) is 4. The van der Waals surface area contributed by atoms with E-state index in [0.717, 1.165) is 31.6 Å². The second-order valence-electron chi connectivity index (χ2n) is 5.93. The lowest BCUT2D eigenvalue weighted by Crippen LogP contribution is -2.39. The van der Waals surface area contributed by atoms with Crippen LogP contribution in [0, 0.1) is 12.8 Å². The Morgan fingerprint density at radius 1 is 1.33 bits per heavy atom. The molecular formula is C14H26N4O2S. The maximum absolute atomic E-state index is 12.9. The van der Waals surface area contributed by atoms with Gasteiger partial charge in [-0.1, -0.05) is 13.3 Å². The van der Waals surface area contributed by atoms with Gasteiger partial charge in [-0.2, -0.15) is 9.40 Å². The third kappa shape index (κ3) is 3.14. The van der Waals surface area contributed by atoms with E-state index in [0.29, 0.717) is 11.4 Å². The summed E-state index contributed by atoms with van der Waals surface area (Å²) in [7, 11) is -1.85. The van der Waals surface area contributed by atoms with Crippen molar-refractivity contribution < 1.29 is 8.42 Å². The van der Waals surface area contributed by atoms with Crippen molar-refractivity contribution in [3.05, 3.63) is 11.4 Å². The maximum Gasteiger partial charge on any atom is 0.246 e. The van der Waals surface area contributed by atoms with Crippen LogP contribution in [0.5, 0.6) is 0 Å². The van der Waals surface area contributed by atoms with Crippen LogP contribution in [0.1, 0.15) is 50.4 Å². The Labute approximate surface area is 127 Å². The molecule has 1 aliphatic rings. The van der Waals surface area contributed by atoms with Gasteiger partial charge in [0.25, 0.3) is 0 Å².